The number of fused-ring (bicyclic) bond motifs is 2. The number of pyridine rings is 1. The van der Waals surface area contributed by atoms with E-state index in [1.54, 1.807) is 23.1 Å². The van der Waals surface area contributed by atoms with Crippen LogP contribution < -0.4 is 10.2 Å². The summed E-state index contributed by atoms with van der Waals surface area (Å²) in [7, 11) is 0. The number of ether oxygens (including phenoxy) is 2. The maximum absolute atomic E-state index is 12.8. The summed E-state index contributed by atoms with van der Waals surface area (Å²) in [6.45, 7) is 9.80. The van der Waals surface area contributed by atoms with Gasteiger partial charge in [-0.2, -0.15) is 0 Å². The highest BCUT2D eigenvalue weighted by atomic mass is 32.2. The maximum atomic E-state index is 12.8. The molecule has 2 unspecified atom stereocenters. The number of alkyl carbamates (subject to hydrolysis) is 1. The molecule has 9 nitrogen and oxygen atoms in total. The van der Waals surface area contributed by atoms with Gasteiger partial charge in [0, 0.05) is 53.6 Å². The van der Waals surface area contributed by atoms with E-state index in [9.17, 15) is 4.79 Å². The van der Waals surface area contributed by atoms with Gasteiger partial charge in [-0.3, -0.25) is 4.40 Å². The molecule has 1 N–H and O–H groups in total. The van der Waals surface area contributed by atoms with Crippen molar-refractivity contribution < 1.29 is 14.3 Å². The fourth-order valence-corrected chi connectivity index (χ4v) is 7.34. The van der Waals surface area contributed by atoms with Crippen LogP contribution in [0.25, 0.3) is 15.9 Å². The number of hydrogen-bond acceptors (Lipinski definition) is 9. The van der Waals surface area contributed by atoms with Crippen LogP contribution in [0.15, 0.2) is 52.1 Å². The van der Waals surface area contributed by atoms with Crippen LogP contribution >= 0.6 is 23.1 Å². The van der Waals surface area contributed by atoms with Crippen molar-refractivity contribution in [3.8, 4) is 0 Å². The monoisotopic (exact) mass is 552 g/mol. The lowest BCUT2D eigenvalue weighted by molar-refractivity contribution is 0.0385. The number of amides is 1. The molecule has 4 aromatic rings. The van der Waals surface area contributed by atoms with E-state index in [1.807, 2.05) is 56.0 Å². The molecule has 0 aromatic carbocycles. The summed E-state index contributed by atoms with van der Waals surface area (Å²) in [4.78, 5) is 32.3. The van der Waals surface area contributed by atoms with E-state index in [4.69, 9.17) is 14.5 Å². The van der Waals surface area contributed by atoms with Crippen LogP contribution in [0.4, 0.5) is 10.7 Å². The maximum Gasteiger partial charge on any atom is 0.407 e. The van der Waals surface area contributed by atoms with Gasteiger partial charge >= 0.3 is 6.09 Å². The fourth-order valence-electron chi connectivity index (χ4n) is 5.53. The van der Waals surface area contributed by atoms with E-state index in [-0.39, 0.29) is 17.6 Å². The summed E-state index contributed by atoms with van der Waals surface area (Å²) in [5.41, 5.74) is 0.172. The summed E-state index contributed by atoms with van der Waals surface area (Å²) in [6.07, 6.45) is 9.09. The molecule has 1 spiro atoms. The normalized spacial score (nSPS) is 23.9. The molecule has 2 saturated heterocycles. The van der Waals surface area contributed by atoms with Gasteiger partial charge in [0.2, 0.25) is 5.95 Å². The standard InChI is InChI=1S/C27H32N6O3S2/c1-17-13-27(16-35-17)7-10-32(15-21(27)31-25(34)36-26(2,3)4)24-30-14-20(22-28-9-11-33(22)24)38-19-5-8-29-23-18(19)6-12-37-23/h5-6,8-9,11-12,14,17,21H,7,10,13,15-16H2,1-4H3,(H,31,34)/t17-,21?,27?/m0/s1. The topological polar surface area (TPSA) is 93.9 Å². The molecular formula is C27H32N6O3S2. The lowest BCUT2D eigenvalue weighted by Crippen LogP contribution is -2.60. The number of carbonyl (C=O) groups excluding carboxylic acids is 1. The first kappa shape index (κ1) is 25.4. The second-order valence-corrected chi connectivity index (χ2v) is 13.2. The Morgan fingerprint density at radius 2 is 2.11 bits per heavy atom. The third-order valence-electron chi connectivity index (χ3n) is 7.27. The van der Waals surface area contributed by atoms with Crippen LogP contribution in [0.3, 0.4) is 0 Å². The summed E-state index contributed by atoms with van der Waals surface area (Å²) in [6, 6.07) is 4.01. The predicted molar refractivity (Wildman–Crippen MR) is 149 cm³/mol. The largest absolute Gasteiger partial charge is 0.444 e. The van der Waals surface area contributed by atoms with Crippen LogP contribution in [-0.2, 0) is 9.47 Å². The molecule has 3 atom stereocenters. The predicted octanol–water partition coefficient (Wildman–Crippen LogP) is 5.39. The molecule has 0 radical (unpaired) electrons. The minimum Gasteiger partial charge on any atom is -0.444 e. The van der Waals surface area contributed by atoms with E-state index in [2.05, 4.69) is 38.6 Å². The van der Waals surface area contributed by atoms with Gasteiger partial charge in [-0.05, 0) is 58.0 Å². The Morgan fingerprint density at radius 1 is 1.24 bits per heavy atom. The van der Waals surface area contributed by atoms with Crippen molar-refractivity contribution in [2.24, 2.45) is 5.41 Å². The van der Waals surface area contributed by atoms with Gasteiger partial charge < -0.3 is 19.7 Å². The third-order valence-corrected chi connectivity index (χ3v) is 9.17. The van der Waals surface area contributed by atoms with Crippen molar-refractivity contribution in [2.75, 3.05) is 24.6 Å². The van der Waals surface area contributed by atoms with E-state index in [1.165, 1.54) is 0 Å². The number of rotatable bonds is 4. The summed E-state index contributed by atoms with van der Waals surface area (Å²) < 4.78 is 13.7. The van der Waals surface area contributed by atoms with E-state index in [0.29, 0.717) is 13.2 Å². The lowest BCUT2D eigenvalue weighted by atomic mass is 9.73. The van der Waals surface area contributed by atoms with Gasteiger partial charge in [0.25, 0.3) is 0 Å². The average Bonchev–Trinajstić information content (AvgIpc) is 3.60. The average molecular weight is 553 g/mol. The van der Waals surface area contributed by atoms with Crippen molar-refractivity contribution in [2.45, 2.75) is 68.1 Å². The minimum atomic E-state index is -0.563. The van der Waals surface area contributed by atoms with Crippen molar-refractivity contribution in [1.29, 1.82) is 0 Å². The second-order valence-electron chi connectivity index (χ2n) is 11.2. The van der Waals surface area contributed by atoms with Gasteiger partial charge in [-0.25, -0.2) is 19.7 Å². The van der Waals surface area contributed by atoms with Gasteiger partial charge in [-0.15, -0.1) is 11.3 Å². The second kappa shape index (κ2) is 9.69. The quantitative estimate of drug-likeness (QED) is 0.360. The highest BCUT2D eigenvalue weighted by Crippen LogP contribution is 2.43. The van der Waals surface area contributed by atoms with Crippen molar-refractivity contribution >= 4 is 51.0 Å². The first-order chi connectivity index (χ1) is 18.2. The molecular weight excluding hydrogens is 520 g/mol. The molecule has 2 fully saturated rings. The molecule has 200 valence electrons. The highest BCUT2D eigenvalue weighted by molar-refractivity contribution is 7.99. The fraction of sp³-hybridized carbons (Fsp3) is 0.481. The number of nitrogens with zero attached hydrogens (tertiary/aromatic N) is 5. The Bertz CT molecular complexity index is 1480. The van der Waals surface area contributed by atoms with Crippen molar-refractivity contribution in [1.82, 2.24) is 24.7 Å². The minimum absolute atomic E-state index is 0.121. The van der Waals surface area contributed by atoms with E-state index in [0.717, 1.165) is 51.0 Å². The molecule has 6 rings (SSSR count). The summed E-state index contributed by atoms with van der Waals surface area (Å²) in [5.74, 6) is 0.815. The Balaban J connectivity index is 1.28. The van der Waals surface area contributed by atoms with Crippen LogP contribution in [-0.4, -0.2) is 62.9 Å². The zero-order valence-corrected chi connectivity index (χ0v) is 23.6. The molecule has 0 aliphatic carbocycles. The number of nitrogens with one attached hydrogen (secondary N) is 1. The summed E-state index contributed by atoms with van der Waals surface area (Å²) in [5, 5.41) is 6.39. The molecule has 0 bridgehead atoms. The number of piperidine rings is 1. The van der Waals surface area contributed by atoms with Gasteiger partial charge in [0.1, 0.15) is 10.4 Å². The Kier molecular flexibility index (Phi) is 6.48. The van der Waals surface area contributed by atoms with Crippen LogP contribution in [0.1, 0.15) is 40.5 Å². The van der Waals surface area contributed by atoms with Crippen LogP contribution in [0, 0.1) is 5.41 Å². The van der Waals surface area contributed by atoms with Crippen LogP contribution in [0.5, 0.6) is 0 Å². The van der Waals surface area contributed by atoms with Crippen molar-refractivity contribution in [3.63, 3.8) is 0 Å². The zero-order valence-electron chi connectivity index (χ0n) is 22.0. The SMILES string of the molecule is C[C@H]1CC2(CCN(c3ncc(Sc4ccnc5sccc45)c4nccn34)CC2NC(=O)OC(C)(C)C)CO1. The van der Waals surface area contributed by atoms with Gasteiger partial charge in [0.05, 0.1) is 23.6 Å². The van der Waals surface area contributed by atoms with Crippen molar-refractivity contribution in [3.05, 3.63) is 42.3 Å². The number of aromatic nitrogens is 4. The van der Waals surface area contributed by atoms with Crippen LogP contribution in [0.2, 0.25) is 0 Å². The summed E-state index contributed by atoms with van der Waals surface area (Å²) >= 11 is 3.29. The molecule has 38 heavy (non-hydrogen) atoms. The molecule has 1 amide bonds. The number of hydrogen-bond donors (Lipinski definition) is 1. The van der Waals surface area contributed by atoms with E-state index >= 15 is 0 Å². The molecule has 2 aliphatic heterocycles. The zero-order chi connectivity index (χ0) is 26.5. The Labute approximate surface area is 230 Å². The van der Waals surface area contributed by atoms with Gasteiger partial charge in [-0.1, -0.05) is 11.8 Å². The Morgan fingerprint density at radius 3 is 2.89 bits per heavy atom. The molecule has 6 heterocycles. The first-order valence-corrected chi connectivity index (χ1v) is 14.6. The first-order valence-electron chi connectivity index (χ1n) is 12.9. The molecule has 11 heteroatoms. The number of imidazole rings is 1. The third kappa shape index (κ3) is 4.83. The molecule has 0 saturated carbocycles. The van der Waals surface area contributed by atoms with Gasteiger partial charge in [0.15, 0.2) is 5.65 Å². The Hall–Kier alpha value is -2.89. The number of carbonyl (C=O) groups is 1. The lowest BCUT2D eigenvalue weighted by Gasteiger charge is -2.45. The highest BCUT2D eigenvalue weighted by Gasteiger charge is 2.49. The number of thiophene rings is 1. The van der Waals surface area contributed by atoms with E-state index < -0.39 is 11.7 Å². The number of anilines is 1. The smallest absolute Gasteiger partial charge is 0.407 e. The molecule has 2 aliphatic rings. The molecule has 4 aromatic heterocycles.